The maximum atomic E-state index is 12.6. The fourth-order valence-electron chi connectivity index (χ4n) is 5.75. The molecule has 1 aromatic carbocycles. The first-order valence-corrected chi connectivity index (χ1v) is 13.0. The van der Waals surface area contributed by atoms with Crippen molar-refractivity contribution in [1.82, 2.24) is 0 Å². The van der Waals surface area contributed by atoms with Crippen LogP contribution in [0.2, 0.25) is 0 Å². The summed E-state index contributed by atoms with van der Waals surface area (Å²) in [6.07, 6.45) is 19.3. The maximum Gasteiger partial charge on any atom is 0.314 e. The summed E-state index contributed by atoms with van der Waals surface area (Å²) >= 11 is 0. The van der Waals surface area contributed by atoms with Crippen LogP contribution < -0.4 is 4.74 Å². The van der Waals surface area contributed by atoms with E-state index < -0.39 is 0 Å². The molecule has 0 heterocycles. The molecule has 1 aromatic rings. The van der Waals surface area contributed by atoms with E-state index in [0.717, 1.165) is 30.4 Å². The average Bonchev–Trinajstić information content (AvgIpc) is 2.78. The highest BCUT2D eigenvalue weighted by Crippen LogP contribution is 2.38. The topological polar surface area (TPSA) is 26.3 Å². The molecule has 0 radical (unpaired) electrons. The molecule has 2 nitrogen and oxygen atoms in total. The van der Waals surface area contributed by atoms with Crippen LogP contribution in [0.1, 0.15) is 122 Å². The van der Waals surface area contributed by atoms with Gasteiger partial charge in [-0.05, 0) is 86.8 Å². The number of unbranched alkanes of at least 4 members (excludes halogenated alkanes) is 3. The molecule has 0 bridgehead atoms. The molecule has 0 saturated heterocycles. The minimum Gasteiger partial charge on any atom is -0.426 e. The van der Waals surface area contributed by atoms with Crippen molar-refractivity contribution in [3.63, 3.8) is 0 Å². The Morgan fingerprint density at radius 1 is 0.767 bits per heavy atom. The average molecular weight is 413 g/mol. The predicted molar refractivity (Wildman–Crippen MR) is 126 cm³/mol. The minimum absolute atomic E-state index is 0.0127. The van der Waals surface area contributed by atoms with E-state index in [2.05, 4.69) is 26.0 Å². The largest absolute Gasteiger partial charge is 0.426 e. The van der Waals surface area contributed by atoms with Gasteiger partial charge in [0.15, 0.2) is 0 Å². The molecule has 2 fully saturated rings. The van der Waals surface area contributed by atoms with Crippen molar-refractivity contribution in [2.45, 2.75) is 116 Å². The van der Waals surface area contributed by atoms with Gasteiger partial charge >= 0.3 is 5.97 Å². The number of rotatable bonds is 10. The Hall–Kier alpha value is -1.31. The molecular formula is C28H44O2. The fraction of sp³-hybridized carbons (Fsp3) is 0.750. The van der Waals surface area contributed by atoms with Gasteiger partial charge in [0, 0.05) is 0 Å². The second kappa shape index (κ2) is 12.5. The summed E-state index contributed by atoms with van der Waals surface area (Å²) in [6.45, 7) is 4.54. The lowest BCUT2D eigenvalue weighted by atomic mass is 9.77. The van der Waals surface area contributed by atoms with Crippen molar-refractivity contribution in [2.75, 3.05) is 0 Å². The molecular weight excluding hydrogens is 368 g/mol. The van der Waals surface area contributed by atoms with Crippen LogP contribution in [0, 0.1) is 17.8 Å². The van der Waals surface area contributed by atoms with Gasteiger partial charge in [-0.2, -0.15) is 0 Å². The monoisotopic (exact) mass is 412 g/mol. The zero-order valence-corrected chi connectivity index (χ0v) is 19.5. The first-order chi connectivity index (χ1) is 14.7. The zero-order chi connectivity index (χ0) is 21.2. The number of hydrogen-bond donors (Lipinski definition) is 0. The Morgan fingerprint density at radius 2 is 1.40 bits per heavy atom. The van der Waals surface area contributed by atoms with Gasteiger partial charge < -0.3 is 4.74 Å². The predicted octanol–water partition coefficient (Wildman–Crippen LogP) is 8.44. The molecule has 2 aliphatic carbocycles. The number of carbonyl (C=O) groups is 1. The Labute approximate surface area is 185 Å². The van der Waals surface area contributed by atoms with E-state index in [-0.39, 0.29) is 11.9 Å². The van der Waals surface area contributed by atoms with Gasteiger partial charge in [0.25, 0.3) is 0 Å². The van der Waals surface area contributed by atoms with Gasteiger partial charge in [-0.3, -0.25) is 4.79 Å². The second-order valence-electron chi connectivity index (χ2n) is 10.1. The minimum atomic E-state index is -0.0127. The highest BCUT2D eigenvalue weighted by molar-refractivity contribution is 5.75. The van der Waals surface area contributed by atoms with E-state index in [1.807, 2.05) is 12.1 Å². The molecule has 30 heavy (non-hydrogen) atoms. The molecule has 0 spiro atoms. The van der Waals surface area contributed by atoms with Gasteiger partial charge in [-0.1, -0.05) is 70.9 Å². The van der Waals surface area contributed by atoms with E-state index in [1.165, 1.54) is 89.0 Å². The van der Waals surface area contributed by atoms with Gasteiger partial charge in [0.1, 0.15) is 5.75 Å². The molecule has 2 saturated carbocycles. The van der Waals surface area contributed by atoms with E-state index in [4.69, 9.17) is 4.74 Å². The molecule has 0 N–H and O–H groups in total. The van der Waals surface area contributed by atoms with Crippen molar-refractivity contribution >= 4 is 5.97 Å². The van der Waals surface area contributed by atoms with E-state index in [9.17, 15) is 4.79 Å². The second-order valence-corrected chi connectivity index (χ2v) is 10.1. The summed E-state index contributed by atoms with van der Waals surface area (Å²) in [6, 6.07) is 8.44. The molecule has 0 unspecified atom stereocenters. The number of ether oxygens (including phenoxy) is 1. The van der Waals surface area contributed by atoms with Crippen LogP contribution in [-0.4, -0.2) is 5.97 Å². The number of carbonyl (C=O) groups excluding carboxylic acids is 1. The Kier molecular flexibility index (Phi) is 9.75. The van der Waals surface area contributed by atoms with Gasteiger partial charge in [0.2, 0.25) is 0 Å². The number of benzene rings is 1. The van der Waals surface area contributed by atoms with Crippen LogP contribution in [-0.2, 0) is 4.79 Å². The third-order valence-electron chi connectivity index (χ3n) is 7.76. The highest BCUT2D eigenvalue weighted by atomic mass is 16.5. The Balaban J connectivity index is 1.39. The number of esters is 1. The fourth-order valence-corrected chi connectivity index (χ4v) is 5.75. The van der Waals surface area contributed by atoms with Crippen molar-refractivity contribution < 1.29 is 9.53 Å². The lowest BCUT2D eigenvalue weighted by molar-refractivity contribution is -0.140. The van der Waals surface area contributed by atoms with E-state index >= 15 is 0 Å². The third kappa shape index (κ3) is 7.13. The summed E-state index contributed by atoms with van der Waals surface area (Å²) in [7, 11) is 0. The van der Waals surface area contributed by atoms with E-state index in [1.54, 1.807) is 0 Å². The summed E-state index contributed by atoms with van der Waals surface area (Å²) < 4.78 is 5.73. The van der Waals surface area contributed by atoms with Crippen LogP contribution in [0.5, 0.6) is 5.75 Å². The molecule has 2 aliphatic rings. The van der Waals surface area contributed by atoms with Gasteiger partial charge in [-0.15, -0.1) is 0 Å². The highest BCUT2D eigenvalue weighted by Gasteiger charge is 2.27. The van der Waals surface area contributed by atoms with Gasteiger partial charge in [-0.25, -0.2) is 0 Å². The van der Waals surface area contributed by atoms with Gasteiger partial charge in [0.05, 0.1) is 5.92 Å². The smallest absolute Gasteiger partial charge is 0.314 e. The SMILES string of the molecule is CCCCCCC1CCC(c2ccc(OC(=O)C3CCC(CCC)CC3)cc2)CC1. The lowest BCUT2D eigenvalue weighted by Crippen LogP contribution is -2.25. The molecule has 3 rings (SSSR count). The molecule has 2 heteroatoms. The number of hydrogen-bond acceptors (Lipinski definition) is 2. The summed E-state index contributed by atoms with van der Waals surface area (Å²) in [5, 5.41) is 0. The lowest BCUT2D eigenvalue weighted by Gasteiger charge is -2.29. The molecule has 0 aliphatic heterocycles. The summed E-state index contributed by atoms with van der Waals surface area (Å²) in [4.78, 5) is 12.6. The molecule has 0 amide bonds. The van der Waals surface area contributed by atoms with Crippen LogP contribution in [0.3, 0.4) is 0 Å². The summed E-state index contributed by atoms with van der Waals surface area (Å²) in [5.74, 6) is 3.28. The summed E-state index contributed by atoms with van der Waals surface area (Å²) in [5.41, 5.74) is 1.43. The van der Waals surface area contributed by atoms with Crippen LogP contribution in [0.25, 0.3) is 0 Å². The van der Waals surface area contributed by atoms with Crippen LogP contribution in [0.4, 0.5) is 0 Å². The zero-order valence-electron chi connectivity index (χ0n) is 19.5. The third-order valence-corrected chi connectivity index (χ3v) is 7.76. The Morgan fingerprint density at radius 3 is 2.03 bits per heavy atom. The Bertz CT molecular complexity index is 604. The van der Waals surface area contributed by atoms with E-state index in [0.29, 0.717) is 5.92 Å². The molecule has 0 aromatic heterocycles. The van der Waals surface area contributed by atoms with Crippen molar-refractivity contribution in [2.24, 2.45) is 17.8 Å². The van der Waals surface area contributed by atoms with Crippen molar-refractivity contribution in [3.05, 3.63) is 29.8 Å². The van der Waals surface area contributed by atoms with Crippen LogP contribution in [0.15, 0.2) is 24.3 Å². The van der Waals surface area contributed by atoms with Crippen molar-refractivity contribution in [3.8, 4) is 5.75 Å². The quantitative estimate of drug-likeness (QED) is 0.219. The maximum absolute atomic E-state index is 12.6. The normalized spacial score (nSPS) is 27.0. The first kappa shape index (κ1) is 23.4. The van der Waals surface area contributed by atoms with Crippen LogP contribution >= 0.6 is 0 Å². The standard InChI is InChI=1S/C28H44O2/c1-3-5-6-7-9-23-10-14-24(15-11-23)25-18-20-27(21-19-25)30-28(29)26-16-12-22(8-4-2)13-17-26/h18-24,26H,3-17H2,1-2H3. The molecule has 0 atom stereocenters. The first-order valence-electron chi connectivity index (χ1n) is 13.0. The molecule has 168 valence electrons. The van der Waals surface area contributed by atoms with Crippen molar-refractivity contribution in [1.29, 1.82) is 0 Å².